The summed E-state index contributed by atoms with van der Waals surface area (Å²) in [7, 11) is 0. The average molecular weight is 274 g/mol. The molecule has 0 radical (unpaired) electrons. The molecule has 0 aliphatic carbocycles. The number of hydrogen-bond acceptors (Lipinski definition) is 2. The molecule has 4 nitrogen and oxygen atoms in total. The lowest BCUT2D eigenvalue weighted by atomic mass is 10.2. The van der Waals surface area contributed by atoms with Crippen molar-refractivity contribution >= 4 is 11.6 Å². The van der Waals surface area contributed by atoms with Gasteiger partial charge in [-0.2, -0.15) is 0 Å². The zero-order valence-electron chi connectivity index (χ0n) is 11.1. The third-order valence-electron chi connectivity index (χ3n) is 2.87. The molecule has 0 spiro atoms. The van der Waals surface area contributed by atoms with E-state index in [0.29, 0.717) is 0 Å². The summed E-state index contributed by atoms with van der Waals surface area (Å²) in [6.45, 7) is 2.08. The zero-order chi connectivity index (χ0) is 14.5. The van der Waals surface area contributed by atoms with E-state index >= 15 is 0 Å². The van der Waals surface area contributed by atoms with E-state index in [0.717, 1.165) is 5.56 Å². The van der Waals surface area contributed by atoms with E-state index in [-0.39, 0.29) is 30.1 Å². The molecule has 0 atom stereocenters. The quantitative estimate of drug-likeness (QED) is 0.930. The van der Waals surface area contributed by atoms with Crippen LogP contribution in [-0.4, -0.2) is 10.5 Å². The molecule has 5 heteroatoms. The van der Waals surface area contributed by atoms with Crippen LogP contribution in [0.3, 0.4) is 0 Å². The van der Waals surface area contributed by atoms with Crippen LogP contribution in [0.15, 0.2) is 47.4 Å². The number of aromatic nitrogens is 1. The summed E-state index contributed by atoms with van der Waals surface area (Å²) in [5.41, 5.74) is 0.860. The summed E-state index contributed by atoms with van der Waals surface area (Å²) < 4.78 is 14.9. The maximum atomic E-state index is 13.5. The molecule has 0 unspecified atom stereocenters. The van der Waals surface area contributed by atoms with Crippen molar-refractivity contribution in [1.29, 1.82) is 0 Å². The fourth-order valence-electron chi connectivity index (χ4n) is 1.81. The lowest BCUT2D eigenvalue weighted by Gasteiger charge is -2.08. The number of rotatable bonds is 4. The zero-order valence-corrected chi connectivity index (χ0v) is 11.1. The second-order valence-electron chi connectivity index (χ2n) is 4.51. The van der Waals surface area contributed by atoms with Crippen LogP contribution in [-0.2, 0) is 11.3 Å². The first-order valence-electron chi connectivity index (χ1n) is 6.28. The molecular weight excluding hydrogens is 259 g/mol. The minimum atomic E-state index is -0.471. The van der Waals surface area contributed by atoms with Crippen molar-refractivity contribution in [3.05, 3.63) is 64.3 Å². The van der Waals surface area contributed by atoms with Gasteiger partial charge in [0.05, 0.1) is 5.69 Å². The first-order chi connectivity index (χ1) is 9.56. The summed E-state index contributed by atoms with van der Waals surface area (Å²) in [4.78, 5) is 23.2. The van der Waals surface area contributed by atoms with Crippen molar-refractivity contribution in [1.82, 2.24) is 4.57 Å². The van der Waals surface area contributed by atoms with Gasteiger partial charge in [-0.15, -0.1) is 0 Å². The molecule has 0 saturated carbocycles. The Labute approximate surface area is 115 Å². The Morgan fingerprint density at radius 3 is 2.85 bits per heavy atom. The Bertz CT molecular complexity index is 680. The third-order valence-corrected chi connectivity index (χ3v) is 2.87. The number of aryl methyl sites for hydroxylation is 2. The van der Waals surface area contributed by atoms with Gasteiger partial charge in [-0.1, -0.05) is 12.1 Å². The molecule has 1 aromatic heterocycles. The van der Waals surface area contributed by atoms with Gasteiger partial charge in [-0.3, -0.25) is 9.59 Å². The highest BCUT2D eigenvalue weighted by Crippen LogP contribution is 2.15. The molecule has 0 fully saturated rings. The Hall–Kier alpha value is -2.43. The molecule has 2 rings (SSSR count). The van der Waals surface area contributed by atoms with Crippen LogP contribution in [0.2, 0.25) is 0 Å². The highest BCUT2D eigenvalue weighted by atomic mass is 19.1. The molecule has 20 heavy (non-hydrogen) atoms. The van der Waals surface area contributed by atoms with E-state index in [4.69, 9.17) is 0 Å². The van der Waals surface area contributed by atoms with Crippen molar-refractivity contribution in [2.75, 3.05) is 5.32 Å². The molecule has 1 aromatic carbocycles. The molecule has 0 aliphatic heterocycles. The number of carbonyl (C=O) groups excluding carboxylic acids is 1. The van der Waals surface area contributed by atoms with Gasteiger partial charge in [0.15, 0.2) is 0 Å². The second kappa shape index (κ2) is 6.14. The minimum Gasteiger partial charge on any atom is -0.324 e. The number of nitrogens with zero attached hydrogens (tertiary/aromatic N) is 1. The molecule has 2 aromatic rings. The molecule has 1 amide bonds. The van der Waals surface area contributed by atoms with Gasteiger partial charge in [-0.25, -0.2) is 4.39 Å². The van der Waals surface area contributed by atoms with Crippen LogP contribution in [0.25, 0.3) is 0 Å². The van der Waals surface area contributed by atoms with Crippen molar-refractivity contribution in [2.45, 2.75) is 19.9 Å². The number of amides is 1. The van der Waals surface area contributed by atoms with Crippen LogP contribution in [0.4, 0.5) is 10.1 Å². The van der Waals surface area contributed by atoms with Crippen LogP contribution >= 0.6 is 0 Å². The molecule has 1 heterocycles. The predicted molar refractivity (Wildman–Crippen MR) is 75.1 cm³/mol. The monoisotopic (exact) mass is 274 g/mol. The van der Waals surface area contributed by atoms with E-state index in [9.17, 15) is 14.0 Å². The molecule has 0 saturated heterocycles. The van der Waals surface area contributed by atoms with Crippen LogP contribution in [0.5, 0.6) is 0 Å². The van der Waals surface area contributed by atoms with Crippen molar-refractivity contribution in [2.24, 2.45) is 0 Å². The molecule has 0 bridgehead atoms. The fourth-order valence-corrected chi connectivity index (χ4v) is 1.81. The van der Waals surface area contributed by atoms with Gasteiger partial charge in [0.2, 0.25) is 5.91 Å². The Morgan fingerprint density at radius 2 is 2.10 bits per heavy atom. The number of carbonyl (C=O) groups is 1. The molecule has 104 valence electrons. The molecular formula is C15H15FN2O2. The topological polar surface area (TPSA) is 51.1 Å². The van der Waals surface area contributed by atoms with E-state index in [2.05, 4.69) is 5.32 Å². The Kier molecular flexibility index (Phi) is 4.30. The summed E-state index contributed by atoms with van der Waals surface area (Å²) in [5.74, 6) is -0.800. The van der Waals surface area contributed by atoms with Crippen LogP contribution < -0.4 is 10.9 Å². The minimum absolute atomic E-state index is 0.108. The van der Waals surface area contributed by atoms with Crippen molar-refractivity contribution < 1.29 is 9.18 Å². The van der Waals surface area contributed by atoms with Gasteiger partial charge in [-0.05, 0) is 30.7 Å². The Morgan fingerprint density at radius 1 is 1.30 bits per heavy atom. The number of anilines is 1. The van der Waals surface area contributed by atoms with Gasteiger partial charge in [0, 0.05) is 25.2 Å². The maximum absolute atomic E-state index is 13.5. The Balaban J connectivity index is 1.98. The smallest absolute Gasteiger partial charge is 0.250 e. The van der Waals surface area contributed by atoms with E-state index < -0.39 is 5.82 Å². The largest absolute Gasteiger partial charge is 0.324 e. The predicted octanol–water partition coefficient (Wildman–Crippen LogP) is 2.32. The third kappa shape index (κ3) is 3.54. The van der Waals surface area contributed by atoms with E-state index in [1.54, 1.807) is 30.5 Å². The van der Waals surface area contributed by atoms with Gasteiger partial charge in [0.25, 0.3) is 5.56 Å². The van der Waals surface area contributed by atoms with E-state index in [1.165, 1.54) is 16.7 Å². The highest BCUT2D eigenvalue weighted by molar-refractivity contribution is 5.90. The first kappa shape index (κ1) is 14.0. The second-order valence-corrected chi connectivity index (χ2v) is 4.51. The lowest BCUT2D eigenvalue weighted by molar-refractivity contribution is -0.116. The SMILES string of the molecule is Cc1ccc(F)c(NC(=O)CCn2ccccc2=O)c1. The summed E-state index contributed by atoms with van der Waals surface area (Å²) in [6, 6.07) is 9.31. The number of pyridine rings is 1. The average Bonchev–Trinajstić information content (AvgIpc) is 2.42. The molecule has 1 N–H and O–H groups in total. The number of benzene rings is 1. The molecule has 0 aliphatic rings. The van der Waals surface area contributed by atoms with Crippen molar-refractivity contribution in [3.63, 3.8) is 0 Å². The summed E-state index contributed by atoms with van der Waals surface area (Å²) in [6.07, 6.45) is 1.72. The summed E-state index contributed by atoms with van der Waals surface area (Å²) >= 11 is 0. The summed E-state index contributed by atoms with van der Waals surface area (Å²) in [5, 5.41) is 2.51. The normalized spacial score (nSPS) is 10.3. The number of nitrogens with one attached hydrogen (secondary N) is 1. The standard InChI is InChI=1S/C15H15FN2O2/c1-11-5-6-12(16)13(10-11)17-14(19)7-9-18-8-3-2-4-15(18)20/h2-6,8,10H,7,9H2,1H3,(H,17,19). The number of hydrogen-bond donors (Lipinski definition) is 1. The number of halogens is 1. The lowest BCUT2D eigenvalue weighted by Crippen LogP contribution is -2.22. The maximum Gasteiger partial charge on any atom is 0.250 e. The van der Waals surface area contributed by atoms with Crippen LogP contribution in [0.1, 0.15) is 12.0 Å². The van der Waals surface area contributed by atoms with Gasteiger partial charge < -0.3 is 9.88 Å². The van der Waals surface area contributed by atoms with Gasteiger partial charge >= 0.3 is 0 Å². The van der Waals surface area contributed by atoms with E-state index in [1.807, 2.05) is 6.92 Å². The highest BCUT2D eigenvalue weighted by Gasteiger charge is 2.07. The van der Waals surface area contributed by atoms with Gasteiger partial charge in [0.1, 0.15) is 5.82 Å². The van der Waals surface area contributed by atoms with Crippen LogP contribution in [0, 0.1) is 12.7 Å². The first-order valence-corrected chi connectivity index (χ1v) is 6.28. The fraction of sp³-hybridized carbons (Fsp3) is 0.200. The van der Waals surface area contributed by atoms with Crippen molar-refractivity contribution in [3.8, 4) is 0 Å².